The minimum atomic E-state index is 0. The maximum Gasteiger partial charge on any atom is 0.187 e. The van der Waals surface area contributed by atoms with Crippen molar-refractivity contribution >= 4 is 17.4 Å². The molecule has 0 aromatic heterocycles. The molecule has 1 heteroatoms. The van der Waals surface area contributed by atoms with Crippen LogP contribution in [0.3, 0.4) is 0 Å². The molecule has 0 heterocycles. The summed E-state index contributed by atoms with van der Waals surface area (Å²) >= 11 is 0. The molecule has 0 N–H and O–H groups in total. The van der Waals surface area contributed by atoms with Crippen molar-refractivity contribution < 1.29 is 0 Å². The number of rotatable bonds is 2. The Morgan fingerprint density at radius 2 is 1.42 bits per heavy atom. The van der Waals surface area contributed by atoms with E-state index in [1.165, 1.54) is 5.56 Å². The summed E-state index contributed by atoms with van der Waals surface area (Å²) < 4.78 is 0. The summed E-state index contributed by atoms with van der Waals surface area (Å²) in [5.41, 5.74) is 1.45. The fourth-order valence-electron chi connectivity index (χ4n) is 1.14. The van der Waals surface area contributed by atoms with Gasteiger partial charge in [-0.05, 0) is 17.4 Å². The van der Waals surface area contributed by atoms with Crippen molar-refractivity contribution in [3.63, 3.8) is 0 Å². The highest BCUT2D eigenvalue weighted by Crippen LogP contribution is 2.22. The first kappa shape index (κ1) is 11.8. The maximum absolute atomic E-state index is 2.28. The lowest BCUT2D eigenvalue weighted by molar-refractivity contribution is 0.535. The molecular weight excluding hydrogens is 159 g/mol. The Morgan fingerprint density at radius 1 is 0.917 bits per heavy atom. The van der Waals surface area contributed by atoms with E-state index in [-0.39, 0.29) is 17.4 Å². The van der Waals surface area contributed by atoms with E-state index >= 15 is 0 Å². The summed E-state index contributed by atoms with van der Waals surface area (Å²) in [6.07, 6.45) is 0. The van der Waals surface area contributed by atoms with Gasteiger partial charge in [0.05, 0.1) is 0 Å². The Kier molecular flexibility index (Phi) is 5.30. The molecule has 1 rings (SSSR count). The number of hydrogen-bond donors (Lipinski definition) is 0. The van der Waals surface area contributed by atoms with Gasteiger partial charge in [-0.1, -0.05) is 51.1 Å². The molecule has 0 fully saturated rings. The van der Waals surface area contributed by atoms with E-state index in [0.29, 0.717) is 5.92 Å². The van der Waals surface area contributed by atoms with Crippen LogP contribution in [-0.4, -0.2) is 17.4 Å². The Labute approximate surface area is 86.1 Å². The van der Waals surface area contributed by atoms with E-state index in [0.717, 1.165) is 5.92 Å². The largest absolute Gasteiger partial charge is 0.187 e. The second-order valence-electron chi connectivity index (χ2n) is 3.44. The van der Waals surface area contributed by atoms with Crippen molar-refractivity contribution in [2.45, 2.75) is 26.7 Å². The lowest BCUT2D eigenvalue weighted by Crippen LogP contribution is -2.00. The molecule has 0 nitrogen and oxygen atoms in total. The zero-order valence-corrected chi connectivity index (χ0v) is 7.54. The highest BCUT2D eigenvalue weighted by atomic mass is 27.0. The molecule has 0 saturated carbocycles. The van der Waals surface area contributed by atoms with Crippen LogP contribution in [0, 0.1) is 5.92 Å². The summed E-state index contributed by atoms with van der Waals surface area (Å²) in [6, 6.07) is 10.7. The molecule has 0 bridgehead atoms. The molecule has 66 valence electrons. The van der Waals surface area contributed by atoms with Crippen LogP contribution < -0.4 is 0 Å². The van der Waals surface area contributed by atoms with Crippen molar-refractivity contribution in [1.29, 1.82) is 0 Å². The third kappa shape index (κ3) is 3.01. The molecule has 0 radical (unpaired) electrons. The molecule has 0 spiro atoms. The molecule has 0 saturated heterocycles. The highest BCUT2D eigenvalue weighted by Gasteiger charge is 2.07. The molecule has 1 aromatic rings. The van der Waals surface area contributed by atoms with Gasteiger partial charge >= 0.3 is 0 Å². The minimum absolute atomic E-state index is 0. The van der Waals surface area contributed by atoms with Gasteiger partial charge in [0.1, 0.15) is 0 Å². The van der Waals surface area contributed by atoms with Gasteiger partial charge < -0.3 is 0 Å². The summed E-state index contributed by atoms with van der Waals surface area (Å²) in [6.45, 7) is 6.80. The lowest BCUT2D eigenvalue weighted by Gasteiger charge is -2.15. The summed E-state index contributed by atoms with van der Waals surface area (Å²) in [7, 11) is 0. The third-order valence-corrected chi connectivity index (χ3v) is 2.33. The van der Waals surface area contributed by atoms with Gasteiger partial charge in [0.25, 0.3) is 0 Å². The molecule has 0 aliphatic carbocycles. The minimum Gasteiger partial charge on any atom is -0.0622 e. The van der Waals surface area contributed by atoms with Crippen molar-refractivity contribution in [2.24, 2.45) is 5.92 Å². The van der Waals surface area contributed by atoms with Crippen LogP contribution in [0.2, 0.25) is 0 Å². The second-order valence-corrected chi connectivity index (χ2v) is 3.44. The molecule has 0 aliphatic rings. The molecule has 0 aliphatic heterocycles. The smallest absolute Gasteiger partial charge is 0.0622 e. The van der Waals surface area contributed by atoms with E-state index in [9.17, 15) is 0 Å². The first-order valence-electron chi connectivity index (χ1n) is 4.26. The van der Waals surface area contributed by atoms with Gasteiger partial charge in [0.15, 0.2) is 17.4 Å². The highest BCUT2D eigenvalue weighted by molar-refractivity contribution is 5.75. The summed E-state index contributed by atoms with van der Waals surface area (Å²) in [5.74, 6) is 1.41. The van der Waals surface area contributed by atoms with Crippen LogP contribution in [-0.2, 0) is 0 Å². The quantitative estimate of drug-likeness (QED) is 0.609. The number of benzene rings is 1. The predicted molar refractivity (Wildman–Crippen MR) is 59.6 cm³/mol. The van der Waals surface area contributed by atoms with E-state index in [4.69, 9.17) is 0 Å². The van der Waals surface area contributed by atoms with Gasteiger partial charge in [-0.15, -0.1) is 0 Å². The Bertz CT molecular complexity index is 204. The number of hydrogen-bond acceptors (Lipinski definition) is 0. The normalized spacial score (nSPS) is 12.3. The lowest BCUT2D eigenvalue weighted by atomic mass is 9.91. The van der Waals surface area contributed by atoms with E-state index in [1.54, 1.807) is 0 Å². The predicted octanol–water partition coefficient (Wildman–Crippen LogP) is 2.26. The topological polar surface area (TPSA) is 0 Å². The molecule has 1 unspecified atom stereocenters. The molecule has 1 aromatic carbocycles. The van der Waals surface area contributed by atoms with Gasteiger partial charge in [-0.3, -0.25) is 0 Å². The van der Waals surface area contributed by atoms with Crippen LogP contribution in [0.15, 0.2) is 30.3 Å². The van der Waals surface area contributed by atoms with Gasteiger partial charge in [-0.2, -0.15) is 0 Å². The second kappa shape index (κ2) is 5.41. The molecule has 12 heavy (non-hydrogen) atoms. The molecular formula is C11H19Al. The van der Waals surface area contributed by atoms with Crippen LogP contribution in [0.5, 0.6) is 0 Å². The van der Waals surface area contributed by atoms with Crippen LogP contribution >= 0.6 is 0 Å². The van der Waals surface area contributed by atoms with Gasteiger partial charge in [-0.25, -0.2) is 0 Å². The zero-order valence-electron chi connectivity index (χ0n) is 7.54. The first-order valence-corrected chi connectivity index (χ1v) is 4.26. The SMILES string of the molecule is CC(C)C(C)c1ccccc1.[AlH3]. The van der Waals surface area contributed by atoms with E-state index < -0.39 is 0 Å². The fourth-order valence-corrected chi connectivity index (χ4v) is 1.14. The monoisotopic (exact) mass is 178 g/mol. The Balaban J connectivity index is 0.00000121. The average Bonchev–Trinajstić information content (AvgIpc) is 2.05. The summed E-state index contributed by atoms with van der Waals surface area (Å²) in [5, 5.41) is 0. The standard InChI is InChI=1S/C11H16.Al.3H/c1-9(2)10(3)11-7-5-4-6-8-11;;;;/h4-10H,1-3H3;;;;. The third-order valence-electron chi connectivity index (χ3n) is 2.33. The van der Waals surface area contributed by atoms with Crippen molar-refractivity contribution in [3.05, 3.63) is 35.9 Å². The zero-order chi connectivity index (χ0) is 8.27. The van der Waals surface area contributed by atoms with E-state index in [2.05, 4.69) is 51.1 Å². The summed E-state index contributed by atoms with van der Waals surface area (Å²) in [4.78, 5) is 0. The van der Waals surface area contributed by atoms with E-state index in [1.807, 2.05) is 0 Å². The van der Waals surface area contributed by atoms with Crippen LogP contribution in [0.1, 0.15) is 32.3 Å². The molecule has 0 amide bonds. The van der Waals surface area contributed by atoms with Crippen molar-refractivity contribution in [2.75, 3.05) is 0 Å². The van der Waals surface area contributed by atoms with Gasteiger partial charge in [0.2, 0.25) is 0 Å². The van der Waals surface area contributed by atoms with Gasteiger partial charge in [0, 0.05) is 0 Å². The average molecular weight is 178 g/mol. The van der Waals surface area contributed by atoms with Crippen molar-refractivity contribution in [1.82, 2.24) is 0 Å². The van der Waals surface area contributed by atoms with Crippen LogP contribution in [0.4, 0.5) is 0 Å². The van der Waals surface area contributed by atoms with Crippen molar-refractivity contribution in [3.8, 4) is 0 Å². The first-order chi connectivity index (χ1) is 5.22. The Hall–Kier alpha value is -0.248. The van der Waals surface area contributed by atoms with Crippen LogP contribution in [0.25, 0.3) is 0 Å². The fraction of sp³-hybridized carbons (Fsp3) is 0.455. The Morgan fingerprint density at radius 3 is 1.83 bits per heavy atom. The maximum atomic E-state index is 2.28. The molecule has 1 atom stereocenters.